The summed E-state index contributed by atoms with van der Waals surface area (Å²) in [6.07, 6.45) is 1.72. The van der Waals surface area contributed by atoms with Gasteiger partial charge in [0.15, 0.2) is 0 Å². The summed E-state index contributed by atoms with van der Waals surface area (Å²) in [5.41, 5.74) is 1.26. The van der Waals surface area contributed by atoms with Crippen LogP contribution in [0.25, 0.3) is 0 Å². The summed E-state index contributed by atoms with van der Waals surface area (Å²) in [6.45, 7) is 4.83. The third-order valence-electron chi connectivity index (χ3n) is 4.06. The van der Waals surface area contributed by atoms with Crippen molar-refractivity contribution in [1.29, 1.82) is 0 Å². The molecule has 2 rings (SSSR count). The number of aliphatic hydroxyl groups is 1. The molecule has 1 fully saturated rings. The van der Waals surface area contributed by atoms with Crippen LogP contribution in [0.1, 0.15) is 31.2 Å². The van der Waals surface area contributed by atoms with Crippen molar-refractivity contribution in [3.05, 3.63) is 23.8 Å². The van der Waals surface area contributed by atoms with Gasteiger partial charge >= 0.3 is 0 Å². The van der Waals surface area contributed by atoms with Gasteiger partial charge in [-0.3, -0.25) is 0 Å². The van der Waals surface area contributed by atoms with Gasteiger partial charge in [0.05, 0.1) is 20.3 Å². The maximum Gasteiger partial charge on any atom is 0.122 e. The number of rotatable bonds is 6. The van der Waals surface area contributed by atoms with E-state index in [2.05, 4.69) is 17.0 Å². The molecular formula is C16H25NO3. The highest BCUT2D eigenvalue weighted by molar-refractivity contribution is 5.40. The third-order valence-corrected chi connectivity index (χ3v) is 4.06. The van der Waals surface area contributed by atoms with Gasteiger partial charge < -0.3 is 19.5 Å². The van der Waals surface area contributed by atoms with Crippen molar-refractivity contribution in [3.8, 4) is 11.5 Å². The number of ether oxygens (including phenoxy) is 2. The minimum Gasteiger partial charge on any atom is -0.497 e. The third kappa shape index (κ3) is 3.64. The van der Waals surface area contributed by atoms with E-state index in [-0.39, 0.29) is 6.10 Å². The number of β-amino-alcohol motifs (C(OH)–C–C–N with tert-alkyl or cyclic N) is 1. The monoisotopic (exact) mass is 279 g/mol. The lowest BCUT2D eigenvalue weighted by Gasteiger charge is -2.19. The SMILES string of the molecule is CC[C@@H](O)CN1CCC(c2cc(OC)cc(OC)c2)C1. The lowest BCUT2D eigenvalue weighted by molar-refractivity contribution is 0.121. The first-order valence-electron chi connectivity index (χ1n) is 7.29. The fourth-order valence-electron chi connectivity index (χ4n) is 2.76. The van der Waals surface area contributed by atoms with E-state index < -0.39 is 0 Å². The number of likely N-dealkylation sites (tertiary alicyclic amines) is 1. The summed E-state index contributed by atoms with van der Waals surface area (Å²) in [6, 6.07) is 6.08. The second-order valence-corrected chi connectivity index (χ2v) is 5.45. The van der Waals surface area contributed by atoms with Crippen LogP contribution in [-0.2, 0) is 0 Å². The van der Waals surface area contributed by atoms with Crippen molar-refractivity contribution in [2.45, 2.75) is 31.8 Å². The molecule has 2 atom stereocenters. The van der Waals surface area contributed by atoms with Gasteiger partial charge in [0, 0.05) is 19.2 Å². The molecule has 1 unspecified atom stereocenters. The van der Waals surface area contributed by atoms with Crippen molar-refractivity contribution in [2.75, 3.05) is 33.9 Å². The predicted octanol–water partition coefficient (Wildman–Crippen LogP) is 2.26. The minimum atomic E-state index is -0.214. The highest BCUT2D eigenvalue weighted by Crippen LogP contribution is 2.32. The van der Waals surface area contributed by atoms with Gasteiger partial charge in [0.25, 0.3) is 0 Å². The Morgan fingerprint density at radius 1 is 1.25 bits per heavy atom. The molecule has 0 aliphatic carbocycles. The molecule has 4 heteroatoms. The molecule has 1 aromatic rings. The number of methoxy groups -OCH3 is 2. The van der Waals surface area contributed by atoms with Crippen molar-refractivity contribution in [3.63, 3.8) is 0 Å². The largest absolute Gasteiger partial charge is 0.497 e. The maximum atomic E-state index is 9.76. The molecule has 0 saturated carbocycles. The second kappa shape index (κ2) is 6.95. The van der Waals surface area contributed by atoms with Crippen molar-refractivity contribution in [1.82, 2.24) is 4.90 Å². The summed E-state index contributed by atoms with van der Waals surface area (Å²) in [7, 11) is 3.36. The van der Waals surface area contributed by atoms with Gasteiger partial charge in [-0.15, -0.1) is 0 Å². The molecule has 20 heavy (non-hydrogen) atoms. The second-order valence-electron chi connectivity index (χ2n) is 5.45. The Hall–Kier alpha value is -1.26. The molecular weight excluding hydrogens is 254 g/mol. The first-order valence-corrected chi connectivity index (χ1v) is 7.29. The Labute approximate surface area is 121 Å². The Balaban J connectivity index is 2.05. The van der Waals surface area contributed by atoms with Gasteiger partial charge in [0.1, 0.15) is 11.5 Å². The lowest BCUT2D eigenvalue weighted by atomic mass is 9.98. The summed E-state index contributed by atoms with van der Waals surface area (Å²) in [4.78, 5) is 2.34. The van der Waals surface area contributed by atoms with Gasteiger partial charge in [0.2, 0.25) is 0 Å². The van der Waals surface area contributed by atoms with Gasteiger partial charge in [-0.05, 0) is 43.0 Å². The Bertz CT molecular complexity index is 413. The molecule has 1 aliphatic rings. The van der Waals surface area contributed by atoms with E-state index in [1.54, 1.807) is 14.2 Å². The van der Waals surface area contributed by atoms with Crippen LogP contribution in [0.5, 0.6) is 11.5 Å². The van der Waals surface area contributed by atoms with Gasteiger partial charge in [-0.2, -0.15) is 0 Å². The zero-order valence-corrected chi connectivity index (χ0v) is 12.6. The summed E-state index contributed by atoms with van der Waals surface area (Å²) < 4.78 is 10.7. The first kappa shape index (κ1) is 15.1. The Morgan fingerprint density at radius 2 is 1.90 bits per heavy atom. The highest BCUT2D eigenvalue weighted by Gasteiger charge is 2.25. The predicted molar refractivity (Wildman–Crippen MR) is 79.6 cm³/mol. The van der Waals surface area contributed by atoms with Crippen LogP contribution in [-0.4, -0.2) is 50.0 Å². The smallest absolute Gasteiger partial charge is 0.122 e. The molecule has 1 aliphatic heterocycles. The normalized spacial score (nSPS) is 20.9. The van der Waals surface area contributed by atoms with Crippen LogP contribution < -0.4 is 9.47 Å². The van der Waals surface area contributed by atoms with E-state index in [0.29, 0.717) is 5.92 Å². The fourth-order valence-corrected chi connectivity index (χ4v) is 2.76. The average Bonchev–Trinajstić information content (AvgIpc) is 2.94. The number of hydrogen-bond donors (Lipinski definition) is 1. The highest BCUT2D eigenvalue weighted by atomic mass is 16.5. The zero-order chi connectivity index (χ0) is 14.5. The molecule has 1 heterocycles. The summed E-state index contributed by atoms with van der Waals surface area (Å²) in [5.74, 6) is 2.17. The van der Waals surface area contributed by atoms with Crippen LogP contribution in [0.15, 0.2) is 18.2 Å². The van der Waals surface area contributed by atoms with Gasteiger partial charge in [-0.1, -0.05) is 6.92 Å². The quantitative estimate of drug-likeness (QED) is 0.867. The van der Waals surface area contributed by atoms with Crippen molar-refractivity contribution < 1.29 is 14.6 Å². The molecule has 4 nitrogen and oxygen atoms in total. The molecule has 112 valence electrons. The molecule has 1 saturated heterocycles. The minimum absolute atomic E-state index is 0.214. The van der Waals surface area contributed by atoms with Gasteiger partial charge in [-0.25, -0.2) is 0 Å². The van der Waals surface area contributed by atoms with Crippen LogP contribution in [0.2, 0.25) is 0 Å². The lowest BCUT2D eigenvalue weighted by Crippen LogP contribution is -2.30. The van der Waals surface area contributed by atoms with E-state index >= 15 is 0 Å². The first-order chi connectivity index (χ1) is 9.66. The average molecular weight is 279 g/mol. The van der Waals surface area contributed by atoms with E-state index in [1.807, 2.05) is 13.0 Å². The van der Waals surface area contributed by atoms with Crippen molar-refractivity contribution >= 4 is 0 Å². The van der Waals surface area contributed by atoms with Crippen LogP contribution in [0, 0.1) is 0 Å². The molecule has 0 aromatic heterocycles. The summed E-state index contributed by atoms with van der Waals surface area (Å²) in [5, 5.41) is 9.76. The van der Waals surface area contributed by atoms with Crippen LogP contribution in [0.4, 0.5) is 0 Å². The number of nitrogens with zero attached hydrogens (tertiary/aromatic N) is 1. The maximum absolute atomic E-state index is 9.76. The molecule has 0 radical (unpaired) electrons. The van der Waals surface area contributed by atoms with Crippen LogP contribution in [0.3, 0.4) is 0 Å². The molecule has 0 bridgehead atoms. The zero-order valence-electron chi connectivity index (χ0n) is 12.6. The molecule has 0 amide bonds. The molecule has 0 spiro atoms. The summed E-state index contributed by atoms with van der Waals surface area (Å²) >= 11 is 0. The Kier molecular flexibility index (Phi) is 5.26. The Morgan fingerprint density at radius 3 is 2.45 bits per heavy atom. The van der Waals surface area contributed by atoms with E-state index in [4.69, 9.17) is 9.47 Å². The number of aliphatic hydroxyl groups excluding tert-OH is 1. The fraction of sp³-hybridized carbons (Fsp3) is 0.625. The van der Waals surface area contributed by atoms with E-state index in [0.717, 1.165) is 44.0 Å². The van der Waals surface area contributed by atoms with Crippen molar-refractivity contribution in [2.24, 2.45) is 0 Å². The topological polar surface area (TPSA) is 41.9 Å². The number of hydrogen-bond acceptors (Lipinski definition) is 4. The van der Waals surface area contributed by atoms with E-state index in [9.17, 15) is 5.11 Å². The number of benzene rings is 1. The molecule has 1 aromatic carbocycles. The van der Waals surface area contributed by atoms with E-state index in [1.165, 1.54) is 5.56 Å². The van der Waals surface area contributed by atoms with Crippen LogP contribution >= 0.6 is 0 Å². The standard InChI is InChI=1S/C16H25NO3/c1-4-14(18)11-17-6-5-12(10-17)13-7-15(19-2)9-16(8-13)20-3/h7-9,12,14,18H,4-6,10-11H2,1-3H3/t12?,14-/m1/s1. The molecule has 1 N–H and O–H groups in total.